The highest BCUT2D eigenvalue weighted by Gasteiger charge is 2.17. The number of amides is 1. The van der Waals surface area contributed by atoms with Gasteiger partial charge in [0.15, 0.2) is 0 Å². The third kappa shape index (κ3) is 3.64. The molecule has 1 saturated heterocycles. The van der Waals surface area contributed by atoms with Crippen molar-refractivity contribution in [1.29, 1.82) is 0 Å². The van der Waals surface area contributed by atoms with Crippen molar-refractivity contribution in [2.24, 2.45) is 0 Å². The van der Waals surface area contributed by atoms with Gasteiger partial charge in [-0.2, -0.15) is 0 Å². The van der Waals surface area contributed by atoms with Crippen LogP contribution in [0.15, 0.2) is 48.8 Å². The Bertz CT molecular complexity index is 619. The molecule has 1 aromatic carbocycles. The molecule has 2 heterocycles. The van der Waals surface area contributed by atoms with Gasteiger partial charge < -0.3 is 10.2 Å². The largest absolute Gasteiger partial charge is 0.354 e. The second-order valence-electron chi connectivity index (χ2n) is 5.66. The van der Waals surface area contributed by atoms with Gasteiger partial charge in [0, 0.05) is 25.0 Å². The van der Waals surface area contributed by atoms with Crippen molar-refractivity contribution in [2.75, 3.05) is 18.4 Å². The molecular weight excluding hydrogens is 274 g/mol. The van der Waals surface area contributed by atoms with Crippen molar-refractivity contribution in [3.63, 3.8) is 0 Å². The molecule has 0 saturated carbocycles. The first-order valence-electron chi connectivity index (χ1n) is 7.89. The predicted molar refractivity (Wildman–Crippen MR) is 88.3 cm³/mol. The SMILES string of the molecule is O=C(c1cncc(Nc2ccccc2)c1)N1CCCCCC1. The summed E-state index contributed by atoms with van der Waals surface area (Å²) in [7, 11) is 0. The van der Waals surface area contributed by atoms with Gasteiger partial charge in [-0.15, -0.1) is 0 Å². The normalized spacial score (nSPS) is 15.2. The fourth-order valence-corrected chi connectivity index (χ4v) is 2.77. The van der Waals surface area contributed by atoms with Crippen molar-refractivity contribution >= 4 is 17.3 Å². The zero-order valence-corrected chi connectivity index (χ0v) is 12.7. The highest BCUT2D eigenvalue weighted by Crippen LogP contribution is 2.18. The molecule has 1 N–H and O–H groups in total. The van der Waals surface area contributed by atoms with E-state index in [4.69, 9.17) is 0 Å². The number of rotatable bonds is 3. The maximum atomic E-state index is 12.6. The molecule has 114 valence electrons. The van der Waals surface area contributed by atoms with Crippen LogP contribution in [0.5, 0.6) is 0 Å². The monoisotopic (exact) mass is 295 g/mol. The Balaban J connectivity index is 1.74. The number of carbonyl (C=O) groups excluding carboxylic acids is 1. The molecule has 1 aromatic heterocycles. The summed E-state index contributed by atoms with van der Waals surface area (Å²) in [5.74, 6) is 0.0890. The van der Waals surface area contributed by atoms with Crippen LogP contribution in [0, 0.1) is 0 Å². The van der Waals surface area contributed by atoms with E-state index in [2.05, 4.69) is 10.3 Å². The number of hydrogen-bond donors (Lipinski definition) is 1. The molecule has 22 heavy (non-hydrogen) atoms. The molecule has 0 atom stereocenters. The second kappa shape index (κ2) is 7.07. The summed E-state index contributed by atoms with van der Waals surface area (Å²) in [5, 5.41) is 3.28. The summed E-state index contributed by atoms with van der Waals surface area (Å²) in [5.41, 5.74) is 2.48. The lowest BCUT2D eigenvalue weighted by Gasteiger charge is -2.20. The minimum Gasteiger partial charge on any atom is -0.354 e. The van der Waals surface area contributed by atoms with Gasteiger partial charge in [-0.3, -0.25) is 9.78 Å². The van der Waals surface area contributed by atoms with Gasteiger partial charge in [0.05, 0.1) is 17.4 Å². The highest BCUT2D eigenvalue weighted by molar-refractivity contribution is 5.95. The molecule has 1 aliphatic rings. The Morgan fingerprint density at radius 1 is 0.955 bits per heavy atom. The first-order valence-corrected chi connectivity index (χ1v) is 7.89. The second-order valence-corrected chi connectivity index (χ2v) is 5.66. The van der Waals surface area contributed by atoms with Crippen LogP contribution in [0.3, 0.4) is 0 Å². The average molecular weight is 295 g/mol. The minimum absolute atomic E-state index is 0.0890. The van der Waals surface area contributed by atoms with E-state index in [1.807, 2.05) is 41.3 Å². The lowest BCUT2D eigenvalue weighted by molar-refractivity contribution is 0.0761. The van der Waals surface area contributed by atoms with Crippen molar-refractivity contribution in [1.82, 2.24) is 9.88 Å². The van der Waals surface area contributed by atoms with Crippen LogP contribution in [-0.4, -0.2) is 28.9 Å². The van der Waals surface area contributed by atoms with Gasteiger partial charge in [-0.25, -0.2) is 0 Å². The predicted octanol–water partition coefficient (Wildman–Crippen LogP) is 3.84. The molecule has 2 aromatic rings. The van der Waals surface area contributed by atoms with Gasteiger partial charge in [0.1, 0.15) is 0 Å². The smallest absolute Gasteiger partial charge is 0.255 e. The van der Waals surface area contributed by atoms with E-state index in [0.717, 1.165) is 37.3 Å². The molecule has 0 unspecified atom stereocenters. The van der Waals surface area contributed by atoms with Crippen molar-refractivity contribution in [3.8, 4) is 0 Å². The molecule has 1 amide bonds. The summed E-state index contributed by atoms with van der Waals surface area (Å²) >= 11 is 0. The van der Waals surface area contributed by atoms with Crippen LogP contribution in [0.2, 0.25) is 0 Å². The van der Waals surface area contributed by atoms with Gasteiger partial charge in [0.2, 0.25) is 0 Å². The van der Waals surface area contributed by atoms with E-state index in [0.29, 0.717) is 5.56 Å². The highest BCUT2D eigenvalue weighted by atomic mass is 16.2. The van der Waals surface area contributed by atoms with E-state index in [9.17, 15) is 4.79 Å². The van der Waals surface area contributed by atoms with E-state index >= 15 is 0 Å². The number of nitrogens with one attached hydrogen (secondary N) is 1. The van der Waals surface area contributed by atoms with Crippen LogP contribution >= 0.6 is 0 Å². The fourth-order valence-electron chi connectivity index (χ4n) is 2.77. The first kappa shape index (κ1) is 14.6. The molecule has 3 rings (SSSR count). The molecule has 1 fully saturated rings. The summed E-state index contributed by atoms with van der Waals surface area (Å²) in [6.45, 7) is 1.71. The van der Waals surface area contributed by atoms with E-state index in [1.54, 1.807) is 12.4 Å². The summed E-state index contributed by atoms with van der Waals surface area (Å²) < 4.78 is 0. The Kier molecular flexibility index (Phi) is 4.68. The zero-order valence-electron chi connectivity index (χ0n) is 12.7. The lowest BCUT2D eigenvalue weighted by Crippen LogP contribution is -2.31. The van der Waals surface area contributed by atoms with Crippen LogP contribution in [0.25, 0.3) is 0 Å². The molecule has 0 aliphatic carbocycles. The van der Waals surface area contributed by atoms with Crippen LogP contribution < -0.4 is 5.32 Å². The van der Waals surface area contributed by atoms with Gasteiger partial charge in [-0.05, 0) is 31.0 Å². The van der Waals surface area contributed by atoms with Crippen LogP contribution in [-0.2, 0) is 0 Å². The number of anilines is 2. The third-order valence-corrected chi connectivity index (χ3v) is 3.94. The standard InChI is InChI=1S/C18H21N3O/c22-18(21-10-6-1-2-7-11-21)15-12-17(14-19-13-15)20-16-8-4-3-5-9-16/h3-5,8-9,12-14,20H,1-2,6-7,10-11H2. The molecule has 0 spiro atoms. The van der Waals surface area contributed by atoms with Crippen LogP contribution in [0.1, 0.15) is 36.0 Å². The molecular formula is C18H21N3O. The molecule has 4 heteroatoms. The number of pyridine rings is 1. The summed E-state index contributed by atoms with van der Waals surface area (Å²) in [4.78, 5) is 18.8. The Labute approximate surface area is 131 Å². The molecule has 0 bridgehead atoms. The lowest BCUT2D eigenvalue weighted by atomic mass is 10.2. The number of aromatic nitrogens is 1. The molecule has 4 nitrogen and oxygen atoms in total. The number of carbonyl (C=O) groups is 1. The number of nitrogens with zero attached hydrogens (tertiary/aromatic N) is 2. The topological polar surface area (TPSA) is 45.2 Å². The Hall–Kier alpha value is -2.36. The maximum absolute atomic E-state index is 12.6. The number of benzene rings is 1. The van der Waals surface area contributed by atoms with Crippen molar-refractivity contribution < 1.29 is 4.79 Å². The van der Waals surface area contributed by atoms with Crippen molar-refractivity contribution in [3.05, 3.63) is 54.4 Å². The van der Waals surface area contributed by atoms with Gasteiger partial charge in [-0.1, -0.05) is 31.0 Å². The first-order chi connectivity index (χ1) is 10.8. The summed E-state index contributed by atoms with van der Waals surface area (Å²) in [6, 6.07) is 11.8. The van der Waals surface area contributed by atoms with E-state index in [1.165, 1.54) is 12.8 Å². The third-order valence-electron chi connectivity index (χ3n) is 3.94. The van der Waals surface area contributed by atoms with E-state index < -0.39 is 0 Å². The van der Waals surface area contributed by atoms with Gasteiger partial charge in [0.25, 0.3) is 5.91 Å². The maximum Gasteiger partial charge on any atom is 0.255 e. The fraction of sp³-hybridized carbons (Fsp3) is 0.333. The van der Waals surface area contributed by atoms with Gasteiger partial charge >= 0.3 is 0 Å². The number of hydrogen-bond acceptors (Lipinski definition) is 3. The van der Waals surface area contributed by atoms with E-state index in [-0.39, 0.29) is 5.91 Å². The number of para-hydroxylation sites is 1. The van der Waals surface area contributed by atoms with Crippen LogP contribution in [0.4, 0.5) is 11.4 Å². The summed E-state index contributed by atoms with van der Waals surface area (Å²) in [6.07, 6.45) is 8.03. The number of likely N-dealkylation sites (tertiary alicyclic amines) is 1. The molecule has 1 aliphatic heterocycles. The Morgan fingerprint density at radius 3 is 2.41 bits per heavy atom. The quantitative estimate of drug-likeness (QED) is 0.935. The average Bonchev–Trinajstić information content (AvgIpc) is 2.85. The van der Waals surface area contributed by atoms with Crippen molar-refractivity contribution in [2.45, 2.75) is 25.7 Å². The minimum atomic E-state index is 0.0890. The molecule has 0 radical (unpaired) electrons. The Morgan fingerprint density at radius 2 is 1.68 bits per heavy atom. The zero-order chi connectivity index (χ0) is 15.2.